The molecule has 0 unspecified atom stereocenters. The monoisotopic (exact) mass is 338 g/mol. The van der Waals surface area contributed by atoms with Gasteiger partial charge in [-0.15, -0.1) is 0 Å². The van der Waals surface area contributed by atoms with Gasteiger partial charge in [0.2, 0.25) is 0 Å². The van der Waals surface area contributed by atoms with Gasteiger partial charge in [-0.05, 0) is 31.1 Å². The molecular formula is C19H22N4O2. The van der Waals surface area contributed by atoms with Gasteiger partial charge in [-0.1, -0.05) is 12.1 Å². The van der Waals surface area contributed by atoms with Crippen LogP contribution in [-0.2, 0) is 16.0 Å². The van der Waals surface area contributed by atoms with Crippen LogP contribution in [0.4, 0.5) is 5.69 Å². The first-order valence-electron chi connectivity index (χ1n) is 8.68. The maximum Gasteiger partial charge on any atom is 0.256 e. The first-order valence-corrected chi connectivity index (χ1v) is 8.68. The molecule has 2 aliphatic rings. The molecule has 1 fully saturated rings. The van der Waals surface area contributed by atoms with Crippen molar-refractivity contribution in [2.45, 2.75) is 13.3 Å². The highest BCUT2D eigenvalue weighted by atomic mass is 16.5. The maximum atomic E-state index is 12.5. The van der Waals surface area contributed by atoms with Crippen molar-refractivity contribution in [2.75, 3.05) is 38.2 Å². The number of morpholine rings is 1. The molecule has 2 aromatic rings. The number of aromatic nitrogens is 2. The normalized spacial score (nSPS) is 19.2. The predicted octanol–water partition coefficient (Wildman–Crippen LogP) is 2.09. The van der Waals surface area contributed by atoms with Gasteiger partial charge in [-0.25, -0.2) is 4.98 Å². The smallest absolute Gasteiger partial charge is 0.256 e. The Balaban J connectivity index is 1.61. The minimum Gasteiger partial charge on any atom is -0.379 e. The molecule has 6 nitrogen and oxygen atoms in total. The fourth-order valence-corrected chi connectivity index (χ4v) is 3.44. The van der Waals surface area contributed by atoms with Gasteiger partial charge in [-0.2, -0.15) is 0 Å². The predicted molar refractivity (Wildman–Crippen MR) is 97.2 cm³/mol. The fourth-order valence-electron chi connectivity index (χ4n) is 3.44. The number of rotatable bonds is 4. The summed E-state index contributed by atoms with van der Waals surface area (Å²) in [6.45, 7) is 6.43. The lowest BCUT2D eigenvalue weighted by Crippen LogP contribution is -2.37. The Morgan fingerprint density at radius 1 is 1.32 bits per heavy atom. The number of ether oxygens (including phenoxy) is 1. The first-order chi connectivity index (χ1) is 12.2. The van der Waals surface area contributed by atoms with Crippen LogP contribution in [0, 0.1) is 6.92 Å². The lowest BCUT2D eigenvalue weighted by atomic mass is 9.97. The van der Waals surface area contributed by atoms with E-state index in [2.05, 4.69) is 26.3 Å². The average Bonchev–Trinajstić information content (AvgIpc) is 3.18. The Kier molecular flexibility index (Phi) is 4.38. The zero-order chi connectivity index (χ0) is 17.2. The number of imidazole rings is 1. The van der Waals surface area contributed by atoms with Crippen LogP contribution in [0.15, 0.2) is 24.4 Å². The number of aromatic amines is 1. The van der Waals surface area contributed by atoms with Crippen LogP contribution in [0.3, 0.4) is 0 Å². The second-order valence-corrected chi connectivity index (χ2v) is 6.48. The van der Waals surface area contributed by atoms with Gasteiger partial charge < -0.3 is 15.0 Å². The molecule has 0 atom stereocenters. The third-order valence-corrected chi connectivity index (χ3v) is 4.74. The summed E-state index contributed by atoms with van der Waals surface area (Å²) >= 11 is 0. The van der Waals surface area contributed by atoms with Crippen molar-refractivity contribution in [1.29, 1.82) is 0 Å². The van der Waals surface area contributed by atoms with Crippen molar-refractivity contribution >= 4 is 23.2 Å². The standard InChI is InChI=1S/C19H22N4O2/c1-13-20-12-15(21-13)11-16-18-14(3-2-4-17(18)22-19(16)24)5-6-23-7-9-25-10-8-23/h2-4,11-12H,5-10H2,1H3,(H,20,21)(H,22,24). The summed E-state index contributed by atoms with van der Waals surface area (Å²) in [6.07, 6.45) is 4.56. The number of anilines is 1. The number of nitrogens with one attached hydrogen (secondary N) is 2. The average molecular weight is 338 g/mol. The van der Waals surface area contributed by atoms with Crippen LogP contribution in [0.5, 0.6) is 0 Å². The topological polar surface area (TPSA) is 70.2 Å². The minimum atomic E-state index is -0.0546. The summed E-state index contributed by atoms with van der Waals surface area (Å²) in [7, 11) is 0. The van der Waals surface area contributed by atoms with E-state index in [0.29, 0.717) is 5.57 Å². The quantitative estimate of drug-likeness (QED) is 0.838. The molecule has 0 spiro atoms. The molecule has 1 aromatic carbocycles. The summed E-state index contributed by atoms with van der Waals surface area (Å²) in [5.41, 5.74) is 4.67. The van der Waals surface area contributed by atoms with Crippen LogP contribution in [-0.4, -0.2) is 53.6 Å². The zero-order valence-electron chi connectivity index (χ0n) is 14.3. The highest BCUT2D eigenvalue weighted by molar-refractivity contribution is 6.35. The molecule has 1 saturated heterocycles. The Hall–Kier alpha value is -2.44. The largest absolute Gasteiger partial charge is 0.379 e. The van der Waals surface area contributed by atoms with Crippen molar-refractivity contribution in [2.24, 2.45) is 0 Å². The molecule has 4 rings (SSSR count). The van der Waals surface area contributed by atoms with Crippen LogP contribution in [0.25, 0.3) is 11.6 Å². The second-order valence-electron chi connectivity index (χ2n) is 6.48. The summed E-state index contributed by atoms with van der Waals surface area (Å²) in [5, 5.41) is 2.98. The van der Waals surface area contributed by atoms with Crippen LogP contribution < -0.4 is 5.32 Å². The van der Waals surface area contributed by atoms with Crippen LogP contribution >= 0.6 is 0 Å². The molecule has 25 heavy (non-hydrogen) atoms. The molecule has 0 bridgehead atoms. The Morgan fingerprint density at radius 3 is 2.92 bits per heavy atom. The van der Waals surface area contributed by atoms with E-state index in [1.807, 2.05) is 25.1 Å². The van der Waals surface area contributed by atoms with E-state index in [1.54, 1.807) is 6.20 Å². The van der Waals surface area contributed by atoms with E-state index >= 15 is 0 Å². The van der Waals surface area contributed by atoms with Crippen LogP contribution in [0.1, 0.15) is 22.6 Å². The third kappa shape index (κ3) is 3.36. The lowest BCUT2D eigenvalue weighted by Gasteiger charge is -2.26. The van der Waals surface area contributed by atoms with Crippen molar-refractivity contribution in [3.8, 4) is 0 Å². The molecule has 0 saturated carbocycles. The number of carbonyl (C=O) groups excluding carboxylic acids is 1. The molecule has 2 N–H and O–H groups in total. The summed E-state index contributed by atoms with van der Waals surface area (Å²) < 4.78 is 5.41. The van der Waals surface area contributed by atoms with Gasteiger partial charge in [0.15, 0.2) is 0 Å². The molecular weight excluding hydrogens is 316 g/mol. The van der Waals surface area contributed by atoms with Gasteiger partial charge in [0.25, 0.3) is 5.91 Å². The molecule has 130 valence electrons. The molecule has 0 radical (unpaired) electrons. The highest BCUT2D eigenvalue weighted by Gasteiger charge is 2.27. The Morgan fingerprint density at radius 2 is 2.16 bits per heavy atom. The van der Waals surface area contributed by atoms with Crippen molar-refractivity contribution in [3.05, 3.63) is 47.0 Å². The van der Waals surface area contributed by atoms with Gasteiger partial charge in [-0.3, -0.25) is 9.69 Å². The SMILES string of the molecule is Cc1ncc(C=C2C(=O)Nc3cccc(CCN4CCOCC4)c32)[nH]1. The van der Waals surface area contributed by atoms with Gasteiger partial charge >= 0.3 is 0 Å². The number of amides is 1. The molecule has 1 amide bonds. The number of benzene rings is 1. The zero-order valence-corrected chi connectivity index (χ0v) is 14.3. The van der Waals surface area contributed by atoms with E-state index in [9.17, 15) is 4.79 Å². The highest BCUT2D eigenvalue weighted by Crippen LogP contribution is 2.36. The van der Waals surface area contributed by atoms with E-state index < -0.39 is 0 Å². The van der Waals surface area contributed by atoms with Gasteiger partial charge in [0.05, 0.1) is 30.7 Å². The lowest BCUT2D eigenvalue weighted by molar-refractivity contribution is -0.110. The number of hydrogen-bond donors (Lipinski definition) is 2. The molecule has 6 heteroatoms. The number of nitrogens with zero attached hydrogens (tertiary/aromatic N) is 2. The fraction of sp³-hybridized carbons (Fsp3) is 0.368. The maximum absolute atomic E-state index is 12.5. The summed E-state index contributed by atoms with van der Waals surface area (Å²) in [4.78, 5) is 22.2. The molecule has 3 heterocycles. The number of hydrogen-bond acceptors (Lipinski definition) is 4. The minimum absolute atomic E-state index is 0.0546. The van der Waals surface area contributed by atoms with Crippen molar-refractivity contribution < 1.29 is 9.53 Å². The summed E-state index contributed by atoms with van der Waals surface area (Å²) in [6, 6.07) is 6.09. The summed E-state index contributed by atoms with van der Waals surface area (Å²) in [5.74, 6) is 0.784. The number of carbonyl (C=O) groups is 1. The molecule has 1 aromatic heterocycles. The molecule has 0 aliphatic carbocycles. The van der Waals surface area contributed by atoms with Gasteiger partial charge in [0, 0.05) is 30.9 Å². The van der Waals surface area contributed by atoms with E-state index in [0.717, 1.165) is 62.0 Å². The Bertz CT molecular complexity index is 819. The number of fused-ring (bicyclic) bond motifs is 1. The third-order valence-electron chi connectivity index (χ3n) is 4.74. The van der Waals surface area contributed by atoms with E-state index in [-0.39, 0.29) is 5.91 Å². The number of aryl methyl sites for hydroxylation is 1. The number of H-pyrrole nitrogens is 1. The second kappa shape index (κ2) is 6.82. The van der Waals surface area contributed by atoms with Crippen LogP contribution in [0.2, 0.25) is 0 Å². The van der Waals surface area contributed by atoms with E-state index in [1.165, 1.54) is 5.56 Å². The van der Waals surface area contributed by atoms with Crippen molar-refractivity contribution in [3.63, 3.8) is 0 Å². The first kappa shape index (κ1) is 16.1. The molecule has 2 aliphatic heterocycles. The van der Waals surface area contributed by atoms with Crippen molar-refractivity contribution in [1.82, 2.24) is 14.9 Å². The van der Waals surface area contributed by atoms with E-state index in [4.69, 9.17) is 4.74 Å². The van der Waals surface area contributed by atoms with Gasteiger partial charge in [0.1, 0.15) is 5.82 Å². The Labute approximate surface area is 146 Å².